The first-order valence-corrected chi connectivity index (χ1v) is 5.29. The predicted octanol–water partition coefficient (Wildman–Crippen LogP) is 1.40. The average molecular weight is 199 g/mol. The molecule has 1 aromatic rings. The largest absolute Gasteiger partial charge is 0.377 e. The van der Waals surface area contributed by atoms with Crippen LogP contribution in [0.2, 0.25) is 0 Å². The normalized spacial score (nSPS) is 28.1. The van der Waals surface area contributed by atoms with E-state index in [-0.39, 0.29) is 0 Å². The minimum Gasteiger partial charge on any atom is -0.377 e. The van der Waals surface area contributed by atoms with Crippen LogP contribution in [0.3, 0.4) is 0 Å². The minimum atomic E-state index is 0.312. The highest BCUT2D eigenvalue weighted by molar-refractivity contribution is 7.05. The van der Waals surface area contributed by atoms with Gasteiger partial charge in [0.15, 0.2) is 0 Å². The molecule has 72 valence electrons. The summed E-state index contributed by atoms with van der Waals surface area (Å²) in [5, 5.41) is 1.03. The molecule has 1 aliphatic heterocycles. The molecule has 1 saturated heterocycles. The van der Waals surface area contributed by atoms with Crippen LogP contribution in [-0.4, -0.2) is 22.1 Å². The Morgan fingerprint density at radius 2 is 2.54 bits per heavy atom. The van der Waals surface area contributed by atoms with E-state index in [1.54, 1.807) is 0 Å². The number of hydrogen-bond acceptors (Lipinski definition) is 5. The fraction of sp³-hybridized carbons (Fsp3) is 0.750. The fourth-order valence-corrected chi connectivity index (χ4v) is 2.50. The first kappa shape index (κ1) is 8.90. The second-order valence-corrected chi connectivity index (χ2v) is 3.99. The van der Waals surface area contributed by atoms with Crippen molar-refractivity contribution in [3.8, 4) is 0 Å². The molecule has 5 heteroatoms. The summed E-state index contributed by atoms with van der Waals surface area (Å²) >= 11 is 1.40. The third kappa shape index (κ3) is 1.66. The van der Waals surface area contributed by atoms with Crippen molar-refractivity contribution in [2.75, 3.05) is 12.3 Å². The summed E-state index contributed by atoms with van der Waals surface area (Å²) in [5.74, 6) is 0.807. The molecule has 0 bridgehead atoms. The smallest absolute Gasteiger partial charge is 0.232 e. The molecule has 2 unspecified atom stereocenters. The number of ether oxygens (including phenoxy) is 1. The molecule has 1 fully saturated rings. The van der Waals surface area contributed by atoms with Gasteiger partial charge in [-0.05, 0) is 24.4 Å². The van der Waals surface area contributed by atoms with Gasteiger partial charge in [0.25, 0.3) is 0 Å². The Morgan fingerprint density at radius 1 is 1.69 bits per heavy atom. The van der Waals surface area contributed by atoms with Crippen LogP contribution in [0.5, 0.6) is 0 Å². The topological polar surface area (TPSA) is 61.0 Å². The highest BCUT2D eigenvalue weighted by Gasteiger charge is 2.30. The minimum absolute atomic E-state index is 0.312. The molecule has 4 nitrogen and oxygen atoms in total. The second-order valence-electron chi connectivity index (χ2n) is 3.20. The average Bonchev–Trinajstić information content (AvgIpc) is 2.71. The molecule has 1 aliphatic rings. The maximum Gasteiger partial charge on any atom is 0.232 e. The summed E-state index contributed by atoms with van der Waals surface area (Å²) in [6, 6.07) is 0. The van der Waals surface area contributed by atoms with Gasteiger partial charge in [0, 0.05) is 12.5 Å². The van der Waals surface area contributed by atoms with E-state index in [1.807, 2.05) is 0 Å². The van der Waals surface area contributed by atoms with Crippen molar-refractivity contribution in [2.45, 2.75) is 31.8 Å². The van der Waals surface area contributed by atoms with Gasteiger partial charge < -0.3 is 10.5 Å². The monoisotopic (exact) mass is 199 g/mol. The quantitative estimate of drug-likeness (QED) is 0.782. The molecule has 0 spiro atoms. The number of rotatable bonds is 2. The van der Waals surface area contributed by atoms with Gasteiger partial charge in [-0.15, -0.1) is 0 Å². The van der Waals surface area contributed by atoms with Crippen molar-refractivity contribution in [1.82, 2.24) is 9.36 Å². The van der Waals surface area contributed by atoms with Crippen LogP contribution in [0.4, 0.5) is 5.95 Å². The molecule has 1 aromatic heterocycles. The molecular weight excluding hydrogens is 186 g/mol. The van der Waals surface area contributed by atoms with E-state index in [0.717, 1.165) is 24.5 Å². The summed E-state index contributed by atoms with van der Waals surface area (Å²) in [7, 11) is 0. The number of nitrogen functional groups attached to an aromatic ring is 1. The van der Waals surface area contributed by atoms with Crippen molar-refractivity contribution in [3.05, 3.63) is 5.01 Å². The Hall–Kier alpha value is -0.680. The molecule has 0 aromatic carbocycles. The van der Waals surface area contributed by atoms with Gasteiger partial charge in [-0.1, -0.05) is 6.92 Å². The SMILES string of the molecule is CCC1OCCC1c1nc(N)ns1. The van der Waals surface area contributed by atoms with Crippen LogP contribution in [0.1, 0.15) is 30.7 Å². The van der Waals surface area contributed by atoms with Crippen LogP contribution in [0, 0.1) is 0 Å². The van der Waals surface area contributed by atoms with E-state index >= 15 is 0 Å². The van der Waals surface area contributed by atoms with Gasteiger partial charge in [0.2, 0.25) is 5.95 Å². The highest BCUT2D eigenvalue weighted by atomic mass is 32.1. The number of anilines is 1. The van der Waals surface area contributed by atoms with Crippen molar-refractivity contribution in [2.24, 2.45) is 0 Å². The summed E-state index contributed by atoms with van der Waals surface area (Å²) in [5.41, 5.74) is 5.48. The third-order valence-electron chi connectivity index (χ3n) is 2.39. The molecule has 2 N–H and O–H groups in total. The lowest BCUT2D eigenvalue weighted by atomic mass is 10.0. The molecular formula is C8H13N3OS. The Kier molecular flexibility index (Phi) is 2.46. The Bertz CT molecular complexity index is 289. The lowest BCUT2D eigenvalue weighted by molar-refractivity contribution is 0.101. The second kappa shape index (κ2) is 3.59. The predicted molar refractivity (Wildman–Crippen MR) is 51.7 cm³/mol. The molecule has 2 atom stereocenters. The Morgan fingerprint density at radius 3 is 3.15 bits per heavy atom. The van der Waals surface area contributed by atoms with Gasteiger partial charge in [-0.25, -0.2) is 4.98 Å². The Labute approximate surface area is 81.3 Å². The van der Waals surface area contributed by atoms with Crippen molar-refractivity contribution < 1.29 is 4.74 Å². The zero-order chi connectivity index (χ0) is 9.26. The molecule has 13 heavy (non-hydrogen) atoms. The summed E-state index contributed by atoms with van der Waals surface area (Å²) < 4.78 is 9.56. The lowest BCUT2D eigenvalue weighted by Gasteiger charge is -2.12. The van der Waals surface area contributed by atoms with Crippen LogP contribution in [-0.2, 0) is 4.74 Å². The van der Waals surface area contributed by atoms with Gasteiger partial charge in [0.1, 0.15) is 5.01 Å². The van der Waals surface area contributed by atoms with Crippen LogP contribution in [0.15, 0.2) is 0 Å². The van der Waals surface area contributed by atoms with Crippen molar-refractivity contribution in [3.63, 3.8) is 0 Å². The molecule has 2 heterocycles. The number of nitrogens with zero attached hydrogens (tertiary/aromatic N) is 2. The molecule has 0 radical (unpaired) electrons. The van der Waals surface area contributed by atoms with E-state index < -0.39 is 0 Å². The lowest BCUT2D eigenvalue weighted by Crippen LogP contribution is -2.12. The first-order chi connectivity index (χ1) is 6.31. The van der Waals surface area contributed by atoms with E-state index in [4.69, 9.17) is 10.5 Å². The first-order valence-electron chi connectivity index (χ1n) is 4.52. The van der Waals surface area contributed by atoms with E-state index in [0.29, 0.717) is 18.0 Å². The van der Waals surface area contributed by atoms with Gasteiger partial charge >= 0.3 is 0 Å². The van der Waals surface area contributed by atoms with Crippen molar-refractivity contribution >= 4 is 17.5 Å². The summed E-state index contributed by atoms with van der Waals surface area (Å²) in [6.45, 7) is 2.97. The highest BCUT2D eigenvalue weighted by Crippen LogP contribution is 2.33. The summed E-state index contributed by atoms with van der Waals surface area (Å²) in [6.07, 6.45) is 2.39. The van der Waals surface area contributed by atoms with E-state index in [9.17, 15) is 0 Å². The van der Waals surface area contributed by atoms with Gasteiger partial charge in [0.05, 0.1) is 6.10 Å². The standard InChI is InChI=1S/C8H13N3OS/c1-2-6-5(3-4-12-6)7-10-8(9)11-13-7/h5-6H,2-4H2,1H3,(H2,9,11). The zero-order valence-corrected chi connectivity index (χ0v) is 8.38. The number of hydrogen-bond donors (Lipinski definition) is 1. The Balaban J connectivity index is 2.15. The van der Waals surface area contributed by atoms with Crippen LogP contribution in [0.25, 0.3) is 0 Å². The van der Waals surface area contributed by atoms with Crippen LogP contribution >= 0.6 is 11.5 Å². The van der Waals surface area contributed by atoms with E-state index in [2.05, 4.69) is 16.3 Å². The van der Waals surface area contributed by atoms with E-state index in [1.165, 1.54) is 11.5 Å². The van der Waals surface area contributed by atoms with Gasteiger partial charge in [-0.3, -0.25) is 0 Å². The zero-order valence-electron chi connectivity index (χ0n) is 7.56. The van der Waals surface area contributed by atoms with Crippen LogP contribution < -0.4 is 5.73 Å². The number of aromatic nitrogens is 2. The van der Waals surface area contributed by atoms with Gasteiger partial charge in [-0.2, -0.15) is 4.37 Å². The molecule has 0 saturated carbocycles. The molecule has 2 rings (SSSR count). The maximum absolute atomic E-state index is 5.58. The fourth-order valence-electron chi connectivity index (χ4n) is 1.73. The molecule has 0 aliphatic carbocycles. The maximum atomic E-state index is 5.58. The molecule has 0 amide bonds. The third-order valence-corrected chi connectivity index (χ3v) is 3.25. The summed E-state index contributed by atoms with van der Waals surface area (Å²) in [4.78, 5) is 4.20. The van der Waals surface area contributed by atoms with Crippen molar-refractivity contribution in [1.29, 1.82) is 0 Å². The number of nitrogens with two attached hydrogens (primary N) is 1.